The number of aliphatic hydroxyl groups excluding tert-OH is 4. The lowest BCUT2D eigenvalue weighted by atomic mass is 10.2. The van der Waals surface area contributed by atoms with Crippen molar-refractivity contribution >= 4 is 76.9 Å². The number of hydrogen-bond acceptors (Lipinski definition) is 23. The molecule has 0 radical (unpaired) electrons. The fourth-order valence-electron chi connectivity index (χ4n) is 7.98. The predicted molar refractivity (Wildman–Crippen MR) is 448 cm³/mol. The first-order chi connectivity index (χ1) is 58.8. The van der Waals surface area contributed by atoms with E-state index in [0.717, 1.165) is 96.8 Å². The summed E-state index contributed by atoms with van der Waals surface area (Å²) in [6.07, 6.45) is -23.5. The van der Waals surface area contributed by atoms with E-state index in [-0.39, 0.29) is 117 Å². The molecule has 692 valence electrons. The van der Waals surface area contributed by atoms with Crippen LogP contribution >= 0.6 is 59.4 Å². The van der Waals surface area contributed by atoms with E-state index in [0.29, 0.717) is 62.7 Å². The summed E-state index contributed by atoms with van der Waals surface area (Å²) in [5, 5.41) is 51.0. The number of rotatable bonds is 36. The quantitative estimate of drug-likeness (QED) is 0.00631. The molecule has 0 aliphatic carbocycles. The van der Waals surface area contributed by atoms with Gasteiger partial charge in [-0.3, -0.25) is 9.59 Å². The third-order valence-electron chi connectivity index (χ3n) is 13.5. The molecule has 8 aromatic carbocycles. The molecule has 0 saturated heterocycles. The van der Waals surface area contributed by atoms with Gasteiger partial charge in [0, 0.05) is 26.2 Å². The Morgan fingerprint density at radius 3 is 0.794 bits per heavy atom. The summed E-state index contributed by atoms with van der Waals surface area (Å²) in [7, 11) is 0. The SMILES string of the molecule is C=C(CO)CO.C=C(CO)COc1ccc(OC(F)(F)F)cc1.C=C(CO)COc1ccc(OC(F)(F)F)cc1.C=C(COc1ccc(OC(F)(F)F)cc1)CSc1ccc(OCC(=O)O)c(C)c1.C=C(COc1ccc(OC(F)(F)F)cc1)CSc1ccc(OCC(C)=O)c(C)c1.CC(=O)COc1ccc(S)cc1C.ClCCl.Oc1ccc(OC(F)(F)F)cc1. The maximum absolute atomic E-state index is 12.2. The number of aryl methyl sites for hydroxylation is 3. The molecule has 0 fully saturated rings. The molecule has 8 aromatic rings. The van der Waals surface area contributed by atoms with Crippen molar-refractivity contribution in [3.63, 3.8) is 0 Å². The fraction of sp³-hybridized carbons (Fsp3) is 0.282. The number of alkyl halides is 17. The second-order valence-corrected chi connectivity index (χ2v) is 28.2. The summed E-state index contributed by atoms with van der Waals surface area (Å²) in [6, 6.07) is 41.2. The molecule has 41 heteroatoms. The normalized spacial score (nSPS) is 10.7. The van der Waals surface area contributed by atoms with Crippen LogP contribution in [0, 0.1) is 20.8 Å². The number of aromatic hydroxyl groups is 1. The van der Waals surface area contributed by atoms with E-state index < -0.39 is 44.4 Å². The van der Waals surface area contributed by atoms with Crippen molar-refractivity contribution in [2.45, 2.75) is 81.1 Å². The van der Waals surface area contributed by atoms with Gasteiger partial charge in [0.25, 0.3) is 0 Å². The van der Waals surface area contributed by atoms with E-state index in [1.807, 2.05) is 69.3 Å². The number of phenolic OH excluding ortho intramolecular Hbond substituents is 1. The van der Waals surface area contributed by atoms with E-state index in [1.54, 1.807) is 17.8 Å². The zero-order valence-electron chi connectivity index (χ0n) is 67.7. The van der Waals surface area contributed by atoms with Crippen LogP contribution in [0.4, 0.5) is 65.9 Å². The van der Waals surface area contributed by atoms with E-state index in [1.165, 1.54) is 98.4 Å². The number of benzene rings is 8. The molecule has 0 aliphatic heterocycles. The molecule has 0 saturated carbocycles. The number of carboxylic acid groups (broad SMARTS) is 1. The number of aliphatic hydroxyl groups is 4. The van der Waals surface area contributed by atoms with Gasteiger partial charge in [0.15, 0.2) is 18.2 Å². The summed E-state index contributed by atoms with van der Waals surface area (Å²) in [5.41, 5.74) is 5.75. The van der Waals surface area contributed by atoms with Gasteiger partial charge in [0.1, 0.15) is 114 Å². The summed E-state index contributed by atoms with van der Waals surface area (Å²) in [6.45, 7) is 26.6. The summed E-state index contributed by atoms with van der Waals surface area (Å²) in [4.78, 5) is 35.1. The van der Waals surface area contributed by atoms with Gasteiger partial charge in [-0.25, -0.2) is 4.79 Å². The highest BCUT2D eigenvalue weighted by molar-refractivity contribution is 7.99. The minimum absolute atomic E-state index is 0.0225. The molecule has 0 aliphatic rings. The topological polar surface area (TPSA) is 283 Å². The Morgan fingerprint density at radius 2 is 0.571 bits per heavy atom. The number of carboxylic acids is 1. The molecule has 0 aromatic heterocycles. The summed E-state index contributed by atoms with van der Waals surface area (Å²) in [5.74, 6) is 1.93. The third kappa shape index (κ3) is 58.3. The maximum atomic E-state index is 12.2. The number of thioether (sulfide) groups is 2. The number of hydrogen-bond donors (Lipinski definition) is 7. The molecule has 0 bridgehead atoms. The smallest absolute Gasteiger partial charge is 0.508 e. The van der Waals surface area contributed by atoms with Crippen LogP contribution in [0.25, 0.3) is 0 Å². The van der Waals surface area contributed by atoms with Crippen LogP contribution < -0.4 is 56.8 Å². The Kier molecular flexibility index (Phi) is 53.1. The number of halogens is 17. The van der Waals surface area contributed by atoms with Crippen molar-refractivity contribution in [1.29, 1.82) is 0 Å². The van der Waals surface area contributed by atoms with Crippen LogP contribution in [0.2, 0.25) is 0 Å². The summed E-state index contributed by atoms with van der Waals surface area (Å²) < 4.78 is 234. The standard InChI is InChI=1S/C21H21F3O4S.C20H19F3O5S.2C11H11F3O3.C10H12O2S.C7H5F3O2.C4H8O2.CH2Cl2/c1-14(11-26-17-4-6-18(7-5-17)28-21(22,23)24)13-29-19-8-9-20(15(2)10-19)27-12-16(3)25;1-13(10-26-15-3-5-16(6-4-15)28-20(21,22)23)12-29-17-7-8-18(14(2)9-17)27-11-19(24)25;2*1-8(6-15)7-16-9-2-4-10(5-3-9)17-11(12,13)14;1-7-5-9(13)3-4-10(7)12-6-8(2)11;8-7(9,10)12-6-3-1-5(11)2-4-6;1-4(2-5)3-6;2-1-3/h4-10H,1,11-13H2,2-3H3;3-9H,1,10-12H2,2H3,(H,24,25);2*2-5,15H,1,6-7H2;3-5,13H,6H2,1-2H3;1-4,11H;5-6H,1-3H2;1H2. The number of phenols is 1. The van der Waals surface area contributed by atoms with Gasteiger partial charge in [-0.1, -0.05) is 32.9 Å². The number of thiol groups is 1. The number of ether oxygens (including phenoxy) is 12. The van der Waals surface area contributed by atoms with Crippen molar-refractivity contribution in [2.24, 2.45) is 0 Å². The monoisotopic (exact) mass is 1900 g/mol. The molecule has 0 atom stereocenters. The molecule has 126 heavy (non-hydrogen) atoms. The highest BCUT2D eigenvalue weighted by atomic mass is 35.5. The third-order valence-corrected chi connectivity index (χ3v) is 16.1. The minimum atomic E-state index is -4.73. The van der Waals surface area contributed by atoms with Crippen LogP contribution in [0.5, 0.6) is 74.7 Å². The molecular formula is C85H89Cl2F15O21S3. The van der Waals surface area contributed by atoms with Crippen LogP contribution in [0.15, 0.2) is 251 Å². The van der Waals surface area contributed by atoms with Crippen molar-refractivity contribution in [1.82, 2.24) is 0 Å². The lowest BCUT2D eigenvalue weighted by molar-refractivity contribution is -0.275. The van der Waals surface area contributed by atoms with E-state index in [2.05, 4.69) is 69.2 Å². The highest BCUT2D eigenvalue weighted by Crippen LogP contribution is 2.33. The van der Waals surface area contributed by atoms with Gasteiger partial charge in [-0.2, -0.15) is 0 Å². The van der Waals surface area contributed by atoms with Gasteiger partial charge in [-0.05, 0) is 255 Å². The maximum Gasteiger partial charge on any atom is 0.573 e. The van der Waals surface area contributed by atoms with Gasteiger partial charge >= 0.3 is 37.8 Å². The Balaban J connectivity index is 0.000000761. The first-order valence-corrected chi connectivity index (χ1v) is 39.1. The number of carbonyl (C=O) groups is 3. The Morgan fingerprint density at radius 1 is 0.341 bits per heavy atom. The molecule has 0 amide bonds. The Bertz CT molecular complexity index is 4380. The number of carbonyl (C=O) groups excluding carboxylic acids is 2. The van der Waals surface area contributed by atoms with Crippen molar-refractivity contribution in [3.8, 4) is 74.7 Å². The van der Waals surface area contributed by atoms with Crippen LogP contribution in [-0.4, -0.2) is 170 Å². The van der Waals surface area contributed by atoms with Crippen molar-refractivity contribution in [2.75, 3.05) is 89.5 Å². The number of Topliss-reactive ketones (excluding diaryl/α,β-unsaturated/α-hetero) is 2. The van der Waals surface area contributed by atoms with Crippen LogP contribution in [0.1, 0.15) is 30.5 Å². The van der Waals surface area contributed by atoms with Gasteiger partial charge in [0.2, 0.25) is 0 Å². The zero-order valence-corrected chi connectivity index (χ0v) is 71.7. The molecule has 0 unspecified atom stereocenters. The molecule has 21 nitrogen and oxygen atoms in total. The molecule has 6 N–H and O–H groups in total. The van der Waals surface area contributed by atoms with E-state index >= 15 is 0 Å². The number of ketones is 2. The Labute approximate surface area is 739 Å². The van der Waals surface area contributed by atoms with Crippen LogP contribution in [0.3, 0.4) is 0 Å². The molecular weight excluding hydrogens is 1810 g/mol. The second-order valence-electron chi connectivity index (χ2n) is 24.8. The fourth-order valence-corrected chi connectivity index (χ4v) is 10.0. The highest BCUT2D eigenvalue weighted by Gasteiger charge is 2.34. The van der Waals surface area contributed by atoms with Crippen molar-refractivity contribution in [3.05, 3.63) is 253 Å². The average molecular weight is 1900 g/mol. The Hall–Kier alpha value is -10.9. The van der Waals surface area contributed by atoms with Gasteiger partial charge in [0.05, 0.1) is 31.8 Å². The van der Waals surface area contributed by atoms with Gasteiger partial charge in [-0.15, -0.1) is 125 Å². The van der Waals surface area contributed by atoms with E-state index in [9.17, 15) is 80.2 Å². The molecule has 8 rings (SSSR count). The molecule has 0 heterocycles. The minimum Gasteiger partial charge on any atom is -0.508 e. The largest absolute Gasteiger partial charge is 0.573 e. The lowest BCUT2D eigenvalue weighted by Crippen LogP contribution is -2.17. The first-order valence-electron chi connectivity index (χ1n) is 35.6. The second kappa shape index (κ2) is 59.1. The lowest BCUT2D eigenvalue weighted by Gasteiger charge is -2.12. The molecule has 0 spiro atoms. The average Bonchev–Trinajstić information content (AvgIpc) is 0.889. The summed E-state index contributed by atoms with van der Waals surface area (Å²) >= 11 is 16.8. The predicted octanol–water partition coefficient (Wildman–Crippen LogP) is 21.2. The van der Waals surface area contributed by atoms with Gasteiger partial charge < -0.3 is 87.5 Å². The van der Waals surface area contributed by atoms with E-state index in [4.69, 9.17) is 87.0 Å². The first kappa shape index (κ1) is 113. The van der Waals surface area contributed by atoms with Crippen molar-refractivity contribution < 1.29 is 168 Å². The van der Waals surface area contributed by atoms with Crippen LogP contribution in [-0.2, 0) is 14.4 Å². The number of aliphatic carboxylic acids is 1. The zero-order chi connectivity index (χ0) is 95.4.